The highest BCUT2D eigenvalue weighted by Gasteiger charge is 2.21. The normalized spacial score (nSPS) is 11.5. The predicted octanol–water partition coefficient (Wildman–Crippen LogP) is 5.84. The van der Waals surface area contributed by atoms with Crippen molar-refractivity contribution in [1.82, 2.24) is 14.4 Å². The molecule has 0 spiro atoms. The molecule has 3 heterocycles. The average Bonchev–Trinajstić information content (AvgIpc) is 3.41. The molecular formula is C25H14FN3O2S. The molecule has 0 bridgehead atoms. The van der Waals surface area contributed by atoms with Crippen LogP contribution in [0.4, 0.5) is 4.39 Å². The Morgan fingerprint density at radius 2 is 1.72 bits per heavy atom. The smallest absolute Gasteiger partial charge is 0.198 e. The van der Waals surface area contributed by atoms with E-state index in [1.54, 1.807) is 12.3 Å². The van der Waals surface area contributed by atoms with Crippen LogP contribution < -0.4 is 0 Å². The maximum absolute atomic E-state index is 13.8. The Bertz CT molecular complexity index is 1650. The van der Waals surface area contributed by atoms with Gasteiger partial charge < -0.3 is 5.11 Å². The van der Waals surface area contributed by atoms with Crippen molar-refractivity contribution in [2.75, 3.05) is 0 Å². The van der Waals surface area contributed by atoms with Crippen LogP contribution in [-0.4, -0.2) is 25.3 Å². The van der Waals surface area contributed by atoms with Crippen LogP contribution in [0.5, 0.6) is 5.75 Å². The summed E-state index contributed by atoms with van der Waals surface area (Å²) in [6.07, 6.45) is 1.67. The SMILES string of the molecule is O=C(c1cc(-c2nc3ccccc3s2)c2nc3ccccc3n2c1)c1cc(F)ccc1O. The summed E-state index contributed by atoms with van der Waals surface area (Å²) in [6.45, 7) is 0. The van der Waals surface area contributed by atoms with Crippen LogP contribution in [0.2, 0.25) is 0 Å². The molecule has 0 aliphatic heterocycles. The van der Waals surface area contributed by atoms with Gasteiger partial charge in [-0.1, -0.05) is 24.3 Å². The van der Waals surface area contributed by atoms with E-state index in [1.807, 2.05) is 52.9 Å². The van der Waals surface area contributed by atoms with Gasteiger partial charge in [-0.3, -0.25) is 9.20 Å². The summed E-state index contributed by atoms with van der Waals surface area (Å²) >= 11 is 1.51. The number of imidazole rings is 1. The molecule has 1 N–H and O–H groups in total. The largest absolute Gasteiger partial charge is 0.507 e. The number of aromatic nitrogens is 3. The molecule has 7 heteroatoms. The fourth-order valence-corrected chi connectivity index (χ4v) is 4.85. The molecule has 5 nitrogen and oxygen atoms in total. The van der Waals surface area contributed by atoms with E-state index in [0.29, 0.717) is 16.8 Å². The molecule has 0 radical (unpaired) electrons. The van der Waals surface area contributed by atoms with E-state index < -0.39 is 11.6 Å². The van der Waals surface area contributed by atoms with E-state index in [0.717, 1.165) is 38.4 Å². The number of phenolic OH excluding ortho intramolecular Hbond substituents is 1. The molecule has 0 fully saturated rings. The Hall–Kier alpha value is -4.10. The number of hydrogen-bond acceptors (Lipinski definition) is 5. The van der Waals surface area contributed by atoms with Gasteiger partial charge in [0, 0.05) is 11.8 Å². The molecule has 154 valence electrons. The molecule has 0 unspecified atom stereocenters. The summed E-state index contributed by atoms with van der Waals surface area (Å²) in [5.41, 5.74) is 4.06. The van der Waals surface area contributed by atoms with Gasteiger partial charge in [-0.05, 0) is 48.5 Å². The lowest BCUT2D eigenvalue weighted by Gasteiger charge is -2.08. The van der Waals surface area contributed by atoms with Crippen LogP contribution in [0.15, 0.2) is 79.0 Å². The number of nitrogens with zero attached hydrogens (tertiary/aromatic N) is 3. The zero-order chi connectivity index (χ0) is 21.8. The third-order valence-electron chi connectivity index (χ3n) is 5.39. The van der Waals surface area contributed by atoms with E-state index in [-0.39, 0.29) is 11.3 Å². The topological polar surface area (TPSA) is 67.5 Å². The number of ketones is 1. The van der Waals surface area contributed by atoms with Gasteiger partial charge >= 0.3 is 0 Å². The minimum absolute atomic E-state index is 0.0935. The standard InChI is InChI=1S/C25H14FN3O2S/c26-15-9-10-21(30)16(12-15)23(31)14-11-17(25-28-19-6-2-4-8-22(19)32-25)24-27-18-5-1-3-7-20(18)29(24)13-14/h1-13,30H. The maximum atomic E-state index is 13.8. The molecule has 6 aromatic rings. The van der Waals surface area contributed by atoms with E-state index in [2.05, 4.69) is 0 Å². The number of hydrogen-bond donors (Lipinski definition) is 1. The number of benzene rings is 3. The van der Waals surface area contributed by atoms with Gasteiger partial charge in [0.05, 0.1) is 32.4 Å². The first-order chi connectivity index (χ1) is 15.6. The highest BCUT2D eigenvalue weighted by atomic mass is 32.1. The molecule has 6 rings (SSSR count). The number of fused-ring (bicyclic) bond motifs is 4. The monoisotopic (exact) mass is 439 g/mol. The Balaban J connectivity index is 1.65. The summed E-state index contributed by atoms with van der Waals surface area (Å²) in [5, 5.41) is 10.9. The molecule has 3 aromatic heterocycles. The summed E-state index contributed by atoms with van der Waals surface area (Å²) in [5.74, 6) is -1.34. The molecular weight excluding hydrogens is 425 g/mol. The number of para-hydroxylation sites is 3. The van der Waals surface area contributed by atoms with Crippen molar-refractivity contribution in [1.29, 1.82) is 0 Å². The first kappa shape index (κ1) is 18.7. The second-order valence-electron chi connectivity index (χ2n) is 7.41. The van der Waals surface area contributed by atoms with Crippen LogP contribution in [0, 0.1) is 5.82 Å². The molecule has 32 heavy (non-hydrogen) atoms. The fraction of sp³-hybridized carbons (Fsp3) is 0. The minimum atomic E-state index is -0.591. The van der Waals surface area contributed by atoms with E-state index in [9.17, 15) is 14.3 Å². The number of rotatable bonds is 3. The fourth-order valence-electron chi connectivity index (χ4n) is 3.88. The number of thiazole rings is 1. The van der Waals surface area contributed by atoms with Gasteiger partial charge in [0.2, 0.25) is 0 Å². The molecule has 0 saturated heterocycles. The van der Waals surface area contributed by atoms with Crippen molar-refractivity contribution in [3.63, 3.8) is 0 Å². The predicted molar refractivity (Wildman–Crippen MR) is 123 cm³/mol. The second kappa shape index (κ2) is 6.96. The van der Waals surface area contributed by atoms with Crippen LogP contribution in [0.1, 0.15) is 15.9 Å². The number of carbonyl (C=O) groups excluding carboxylic acids is 1. The lowest BCUT2D eigenvalue weighted by atomic mass is 10.0. The van der Waals surface area contributed by atoms with E-state index in [1.165, 1.54) is 17.4 Å². The highest BCUT2D eigenvalue weighted by Crippen LogP contribution is 2.35. The van der Waals surface area contributed by atoms with Gasteiger partial charge in [-0.25, -0.2) is 14.4 Å². The Kier molecular flexibility index (Phi) is 4.06. The number of carbonyl (C=O) groups is 1. The molecule has 0 aliphatic carbocycles. The van der Waals surface area contributed by atoms with Gasteiger partial charge in [0.1, 0.15) is 22.2 Å². The van der Waals surface area contributed by atoms with Crippen molar-refractivity contribution in [2.45, 2.75) is 0 Å². The third kappa shape index (κ3) is 2.86. The van der Waals surface area contributed by atoms with Crippen molar-refractivity contribution >= 4 is 44.0 Å². The Morgan fingerprint density at radius 3 is 2.56 bits per heavy atom. The van der Waals surface area contributed by atoms with Crippen LogP contribution in [0.3, 0.4) is 0 Å². The van der Waals surface area contributed by atoms with Gasteiger partial charge in [-0.2, -0.15) is 0 Å². The summed E-state index contributed by atoms with van der Waals surface area (Å²) in [7, 11) is 0. The van der Waals surface area contributed by atoms with Crippen LogP contribution in [-0.2, 0) is 0 Å². The van der Waals surface area contributed by atoms with E-state index >= 15 is 0 Å². The minimum Gasteiger partial charge on any atom is -0.507 e. The van der Waals surface area contributed by atoms with Gasteiger partial charge in [0.25, 0.3) is 0 Å². The van der Waals surface area contributed by atoms with Gasteiger partial charge in [0.15, 0.2) is 5.78 Å². The number of halogens is 1. The third-order valence-corrected chi connectivity index (χ3v) is 6.46. The van der Waals surface area contributed by atoms with Crippen molar-refractivity contribution < 1.29 is 14.3 Å². The molecule has 0 amide bonds. The zero-order valence-corrected chi connectivity index (χ0v) is 17.3. The summed E-state index contributed by atoms with van der Waals surface area (Å²) in [4.78, 5) is 22.8. The lowest BCUT2D eigenvalue weighted by Crippen LogP contribution is -2.05. The second-order valence-corrected chi connectivity index (χ2v) is 8.44. The number of aromatic hydroxyl groups is 1. The Labute approximate surface area is 185 Å². The number of phenols is 1. The average molecular weight is 439 g/mol. The zero-order valence-electron chi connectivity index (χ0n) is 16.5. The van der Waals surface area contributed by atoms with Gasteiger partial charge in [-0.15, -0.1) is 11.3 Å². The quantitative estimate of drug-likeness (QED) is 0.352. The first-order valence-corrected chi connectivity index (χ1v) is 10.7. The van der Waals surface area contributed by atoms with Crippen molar-refractivity contribution in [3.8, 4) is 16.3 Å². The summed E-state index contributed by atoms with van der Waals surface area (Å²) < 4.78 is 16.7. The van der Waals surface area contributed by atoms with Crippen molar-refractivity contribution in [3.05, 3.63) is 95.9 Å². The number of pyridine rings is 1. The Morgan fingerprint density at radius 1 is 0.938 bits per heavy atom. The summed E-state index contributed by atoms with van der Waals surface area (Å²) in [6, 6.07) is 20.5. The van der Waals surface area contributed by atoms with Crippen molar-refractivity contribution in [2.24, 2.45) is 0 Å². The molecule has 0 atom stereocenters. The maximum Gasteiger partial charge on any atom is 0.198 e. The van der Waals surface area contributed by atoms with Crippen LogP contribution >= 0.6 is 11.3 Å². The lowest BCUT2D eigenvalue weighted by molar-refractivity contribution is 0.103. The first-order valence-electron chi connectivity index (χ1n) is 9.88. The molecule has 0 saturated carbocycles. The van der Waals surface area contributed by atoms with E-state index in [4.69, 9.17) is 9.97 Å². The molecule has 0 aliphatic rings. The molecule has 3 aromatic carbocycles. The highest BCUT2D eigenvalue weighted by molar-refractivity contribution is 7.21. The van der Waals surface area contributed by atoms with Crippen LogP contribution in [0.25, 0.3) is 37.5 Å².